The quantitative estimate of drug-likeness (QED) is 0.692. The number of fused-ring (bicyclic) bond motifs is 1. The fourth-order valence-electron chi connectivity index (χ4n) is 2.40. The molecule has 0 saturated heterocycles. The number of benzene rings is 2. The minimum absolute atomic E-state index is 0.0739. The number of thioether (sulfide) groups is 1. The summed E-state index contributed by atoms with van der Waals surface area (Å²) in [5, 5.41) is 3.09. The minimum Gasteiger partial charge on any atom is -0.325 e. The van der Waals surface area contributed by atoms with Gasteiger partial charge in [-0.1, -0.05) is 23.7 Å². The number of anilines is 1. The summed E-state index contributed by atoms with van der Waals surface area (Å²) in [6.45, 7) is 0. The second-order valence-electron chi connectivity index (χ2n) is 4.74. The highest BCUT2D eigenvalue weighted by Crippen LogP contribution is 2.32. The van der Waals surface area contributed by atoms with Crippen molar-refractivity contribution in [1.29, 1.82) is 0 Å². The van der Waals surface area contributed by atoms with E-state index in [-0.39, 0.29) is 18.1 Å². The molecule has 1 N–H and O–H groups in total. The molecule has 3 nitrogen and oxygen atoms in total. The molecular weight excluding hydrogens is 306 g/mol. The van der Waals surface area contributed by atoms with Gasteiger partial charge in [0.15, 0.2) is 5.78 Å². The van der Waals surface area contributed by atoms with E-state index in [0.717, 1.165) is 10.5 Å². The molecule has 21 heavy (non-hydrogen) atoms. The number of hydrogen-bond donors (Lipinski definition) is 1. The molecule has 0 aliphatic carbocycles. The predicted molar refractivity (Wildman–Crippen MR) is 85.4 cm³/mol. The second-order valence-corrected chi connectivity index (χ2v) is 6.00. The number of carbonyl (C=O) groups is 2. The zero-order chi connectivity index (χ0) is 15.0. The number of rotatable bonds is 3. The van der Waals surface area contributed by atoms with Crippen molar-refractivity contribution in [1.82, 2.24) is 0 Å². The van der Waals surface area contributed by atoms with Gasteiger partial charge in [0.05, 0.1) is 11.4 Å². The smallest absolute Gasteiger partial charge is 0.228 e. The summed E-state index contributed by atoms with van der Waals surface area (Å²) in [5.41, 5.74) is 2.58. The lowest BCUT2D eigenvalue weighted by Crippen LogP contribution is -2.04. The third kappa shape index (κ3) is 2.57. The monoisotopic (exact) mass is 317 g/mol. The molecule has 2 aromatic carbocycles. The van der Waals surface area contributed by atoms with Crippen LogP contribution in [-0.2, 0) is 11.2 Å². The van der Waals surface area contributed by atoms with Crippen molar-refractivity contribution < 1.29 is 9.59 Å². The summed E-state index contributed by atoms with van der Waals surface area (Å²) in [6, 6.07) is 10.8. The van der Waals surface area contributed by atoms with E-state index in [1.165, 1.54) is 11.8 Å². The Morgan fingerprint density at radius 3 is 2.76 bits per heavy atom. The third-order valence-electron chi connectivity index (χ3n) is 3.41. The molecule has 0 aromatic heterocycles. The fourth-order valence-corrected chi connectivity index (χ4v) is 3.24. The van der Waals surface area contributed by atoms with Gasteiger partial charge in [-0.25, -0.2) is 0 Å². The number of carbonyl (C=O) groups excluding carboxylic acids is 2. The molecule has 1 aliphatic heterocycles. The van der Waals surface area contributed by atoms with E-state index >= 15 is 0 Å². The highest BCUT2D eigenvalue weighted by atomic mass is 35.5. The molecule has 0 bridgehead atoms. The minimum atomic E-state index is -0.118. The molecule has 0 spiro atoms. The average molecular weight is 318 g/mol. The van der Waals surface area contributed by atoms with Gasteiger partial charge < -0.3 is 5.32 Å². The van der Waals surface area contributed by atoms with Crippen molar-refractivity contribution in [3.05, 3.63) is 58.1 Å². The standard InChI is InChI=1S/C16H12ClNO2S/c1-21-14-5-3-2-4-10(14)16(20)11-6-9-7-15(19)18-13(9)8-12(11)17/h2-6,8H,7H2,1H3,(H,18,19). The average Bonchev–Trinajstić information content (AvgIpc) is 2.84. The molecule has 0 radical (unpaired) electrons. The van der Waals surface area contributed by atoms with Crippen molar-refractivity contribution in [2.75, 3.05) is 11.6 Å². The molecule has 2 aromatic rings. The number of amides is 1. The van der Waals surface area contributed by atoms with Crippen LogP contribution in [0.5, 0.6) is 0 Å². The zero-order valence-corrected chi connectivity index (χ0v) is 12.8. The first-order chi connectivity index (χ1) is 10.1. The summed E-state index contributed by atoms with van der Waals surface area (Å²) < 4.78 is 0. The first kappa shape index (κ1) is 14.2. The van der Waals surface area contributed by atoms with Crippen LogP contribution >= 0.6 is 23.4 Å². The lowest BCUT2D eigenvalue weighted by molar-refractivity contribution is -0.115. The maximum Gasteiger partial charge on any atom is 0.228 e. The number of hydrogen-bond acceptors (Lipinski definition) is 3. The van der Waals surface area contributed by atoms with Crippen molar-refractivity contribution in [3.8, 4) is 0 Å². The second kappa shape index (κ2) is 5.54. The van der Waals surface area contributed by atoms with E-state index in [0.29, 0.717) is 21.8 Å². The van der Waals surface area contributed by atoms with Crippen LogP contribution in [-0.4, -0.2) is 17.9 Å². The largest absolute Gasteiger partial charge is 0.325 e. The third-order valence-corrected chi connectivity index (χ3v) is 4.52. The Kier molecular flexibility index (Phi) is 3.74. The Hall–Kier alpha value is -1.78. The van der Waals surface area contributed by atoms with Crippen molar-refractivity contribution >= 4 is 40.7 Å². The van der Waals surface area contributed by atoms with E-state index in [9.17, 15) is 9.59 Å². The molecule has 5 heteroatoms. The van der Waals surface area contributed by atoms with Crippen LogP contribution in [0.25, 0.3) is 0 Å². The van der Waals surface area contributed by atoms with Crippen molar-refractivity contribution in [2.45, 2.75) is 11.3 Å². The predicted octanol–water partition coefficient (Wildman–Crippen LogP) is 3.79. The molecule has 106 valence electrons. The zero-order valence-electron chi connectivity index (χ0n) is 11.3. The topological polar surface area (TPSA) is 46.2 Å². The van der Waals surface area contributed by atoms with E-state index < -0.39 is 0 Å². The Labute approximate surface area is 131 Å². The first-order valence-electron chi connectivity index (χ1n) is 6.40. The normalized spacial score (nSPS) is 13.0. The molecule has 0 fully saturated rings. The summed E-state index contributed by atoms with van der Waals surface area (Å²) >= 11 is 7.74. The lowest BCUT2D eigenvalue weighted by Gasteiger charge is -2.09. The summed E-state index contributed by atoms with van der Waals surface area (Å²) in [7, 11) is 0. The van der Waals surface area contributed by atoms with E-state index in [1.807, 2.05) is 24.5 Å². The number of nitrogens with one attached hydrogen (secondary N) is 1. The number of halogens is 1. The van der Waals surface area contributed by atoms with Crippen molar-refractivity contribution in [2.24, 2.45) is 0 Å². The van der Waals surface area contributed by atoms with Crippen LogP contribution < -0.4 is 5.32 Å². The van der Waals surface area contributed by atoms with E-state index in [4.69, 9.17) is 11.6 Å². The van der Waals surface area contributed by atoms with Crippen LogP contribution in [0.1, 0.15) is 21.5 Å². The van der Waals surface area contributed by atoms with E-state index in [2.05, 4.69) is 5.32 Å². The van der Waals surface area contributed by atoms with Gasteiger partial charge in [-0.2, -0.15) is 0 Å². The van der Waals surface area contributed by atoms with E-state index in [1.54, 1.807) is 18.2 Å². The van der Waals surface area contributed by atoms with Crippen LogP contribution in [0.2, 0.25) is 5.02 Å². The Bertz CT molecular complexity index is 758. The molecule has 1 amide bonds. The maximum atomic E-state index is 12.7. The molecule has 0 saturated carbocycles. The highest BCUT2D eigenvalue weighted by Gasteiger charge is 2.23. The summed E-state index contributed by atoms with van der Waals surface area (Å²) in [6.07, 6.45) is 2.22. The molecular formula is C16H12ClNO2S. The van der Waals surface area contributed by atoms with Gasteiger partial charge in [-0.05, 0) is 36.1 Å². The first-order valence-corrected chi connectivity index (χ1v) is 8.00. The number of ketones is 1. The molecule has 1 aliphatic rings. The molecule has 1 heterocycles. The van der Waals surface area contributed by atoms with Gasteiger partial charge >= 0.3 is 0 Å². The van der Waals surface area contributed by atoms with Gasteiger partial charge in [-0.3, -0.25) is 9.59 Å². The van der Waals surface area contributed by atoms with Gasteiger partial charge in [0.1, 0.15) is 0 Å². The van der Waals surface area contributed by atoms with Crippen LogP contribution in [0.15, 0.2) is 41.3 Å². The van der Waals surface area contributed by atoms with Crippen LogP contribution in [0.3, 0.4) is 0 Å². The molecule has 0 unspecified atom stereocenters. The SMILES string of the molecule is CSc1ccccc1C(=O)c1cc2c(cc1Cl)NC(=O)C2. The molecule has 0 atom stereocenters. The molecule has 3 rings (SSSR count). The summed E-state index contributed by atoms with van der Waals surface area (Å²) in [5.74, 6) is -0.192. The van der Waals surface area contributed by atoms with Crippen LogP contribution in [0, 0.1) is 0 Å². The highest BCUT2D eigenvalue weighted by molar-refractivity contribution is 7.98. The fraction of sp³-hybridized carbons (Fsp3) is 0.125. The Balaban J connectivity index is 2.07. The van der Waals surface area contributed by atoms with Gasteiger partial charge in [0, 0.05) is 21.7 Å². The Morgan fingerprint density at radius 2 is 2.00 bits per heavy atom. The lowest BCUT2D eigenvalue weighted by atomic mass is 10.00. The van der Waals surface area contributed by atoms with Crippen molar-refractivity contribution in [3.63, 3.8) is 0 Å². The van der Waals surface area contributed by atoms with Gasteiger partial charge in [-0.15, -0.1) is 11.8 Å². The van der Waals surface area contributed by atoms with Gasteiger partial charge in [0.2, 0.25) is 5.91 Å². The summed E-state index contributed by atoms with van der Waals surface area (Å²) in [4.78, 5) is 25.1. The maximum absolute atomic E-state index is 12.7. The Morgan fingerprint density at radius 1 is 1.24 bits per heavy atom. The van der Waals surface area contributed by atoms with Gasteiger partial charge in [0.25, 0.3) is 0 Å². The van der Waals surface area contributed by atoms with Crippen LogP contribution in [0.4, 0.5) is 5.69 Å².